The van der Waals surface area contributed by atoms with Crippen LogP contribution in [0.2, 0.25) is 0 Å². The van der Waals surface area contributed by atoms with Crippen LogP contribution in [0.25, 0.3) is 22.3 Å². The minimum atomic E-state index is -0.392. The van der Waals surface area contributed by atoms with Crippen LogP contribution in [0.15, 0.2) is 60.7 Å². The molecular weight excluding hydrogens is 438 g/mol. The second-order valence-electron chi connectivity index (χ2n) is 9.82. The van der Waals surface area contributed by atoms with E-state index in [9.17, 15) is 9.13 Å². The van der Waals surface area contributed by atoms with E-state index in [4.69, 9.17) is 9.05 Å². The zero-order valence-electron chi connectivity index (χ0n) is 19.3. The van der Waals surface area contributed by atoms with Gasteiger partial charge in [-0.1, -0.05) is 77.9 Å². The zero-order chi connectivity index (χ0) is 23.5. The summed E-state index contributed by atoms with van der Waals surface area (Å²) in [5, 5.41) is 0. The van der Waals surface area contributed by atoms with E-state index >= 15 is 0 Å². The van der Waals surface area contributed by atoms with Gasteiger partial charge in [0.2, 0.25) is 0 Å². The van der Waals surface area contributed by atoms with Crippen LogP contribution in [-0.4, -0.2) is 0 Å². The van der Waals surface area contributed by atoms with E-state index < -0.39 is 8.69 Å². The molecule has 3 aromatic rings. The third-order valence-corrected chi connectivity index (χ3v) is 6.00. The van der Waals surface area contributed by atoms with Crippen LogP contribution in [-0.2, 0) is 20.0 Å². The molecule has 0 radical (unpaired) electrons. The minimum absolute atomic E-state index is 0.0322. The van der Waals surface area contributed by atoms with Crippen LogP contribution < -0.4 is 9.05 Å². The van der Waals surface area contributed by atoms with Gasteiger partial charge in [-0.25, -0.2) is 9.13 Å². The fourth-order valence-electron chi connectivity index (χ4n) is 3.70. The van der Waals surface area contributed by atoms with Crippen molar-refractivity contribution in [3.05, 3.63) is 71.8 Å². The number of hydrogen-bond acceptors (Lipinski definition) is 4. The van der Waals surface area contributed by atoms with Gasteiger partial charge in [0, 0.05) is 0 Å². The summed E-state index contributed by atoms with van der Waals surface area (Å²) in [5.74, 6) is 1.06. The van der Waals surface area contributed by atoms with Gasteiger partial charge in [-0.3, -0.25) is 0 Å². The molecule has 0 spiro atoms. The highest BCUT2D eigenvalue weighted by Crippen LogP contribution is 2.42. The lowest BCUT2D eigenvalue weighted by atomic mass is 9.76. The molecule has 0 aliphatic heterocycles. The van der Waals surface area contributed by atoms with Crippen molar-refractivity contribution in [3.63, 3.8) is 0 Å². The Morgan fingerprint density at radius 1 is 0.594 bits per heavy atom. The van der Waals surface area contributed by atoms with Crippen molar-refractivity contribution >= 4 is 17.4 Å². The van der Waals surface area contributed by atoms with Crippen LogP contribution in [0, 0.1) is 0 Å². The Morgan fingerprint density at radius 2 is 1.16 bits per heavy atom. The molecule has 0 amide bonds. The molecule has 32 heavy (non-hydrogen) atoms. The molecule has 0 saturated heterocycles. The van der Waals surface area contributed by atoms with Crippen LogP contribution in [0.1, 0.15) is 52.7 Å². The summed E-state index contributed by atoms with van der Waals surface area (Å²) in [6.07, 6.45) is 0. The number of rotatable bonds is 6. The topological polar surface area (TPSA) is 52.6 Å². The van der Waals surface area contributed by atoms with Crippen LogP contribution in [0.4, 0.5) is 0 Å². The van der Waals surface area contributed by atoms with Crippen molar-refractivity contribution < 1.29 is 18.2 Å². The van der Waals surface area contributed by atoms with E-state index in [0.29, 0.717) is 11.5 Å². The minimum Gasteiger partial charge on any atom is -0.408 e. The van der Waals surface area contributed by atoms with Crippen LogP contribution in [0.5, 0.6) is 11.5 Å². The summed E-state index contributed by atoms with van der Waals surface area (Å²) in [5.41, 5.74) is 6.54. The van der Waals surface area contributed by atoms with Gasteiger partial charge in [0.05, 0.1) is 0 Å². The highest BCUT2D eigenvalue weighted by atomic mass is 31.1. The summed E-state index contributed by atoms with van der Waals surface area (Å²) >= 11 is 0. The summed E-state index contributed by atoms with van der Waals surface area (Å²) < 4.78 is 32.1. The molecule has 0 aliphatic rings. The molecule has 0 aliphatic carbocycles. The van der Waals surface area contributed by atoms with Gasteiger partial charge in [0.15, 0.2) is 0 Å². The van der Waals surface area contributed by atoms with Gasteiger partial charge < -0.3 is 9.05 Å². The molecule has 0 heterocycles. The highest BCUT2D eigenvalue weighted by Gasteiger charge is 2.24. The number of benzene rings is 3. The Balaban J connectivity index is 2.26. The van der Waals surface area contributed by atoms with Gasteiger partial charge in [-0.2, -0.15) is 0 Å². The maximum atomic E-state index is 11.1. The van der Waals surface area contributed by atoms with Crippen molar-refractivity contribution in [3.8, 4) is 33.8 Å². The molecule has 3 aromatic carbocycles. The normalized spacial score (nSPS) is 12.2. The molecule has 0 fully saturated rings. The van der Waals surface area contributed by atoms with E-state index in [1.54, 1.807) is 12.1 Å². The summed E-state index contributed by atoms with van der Waals surface area (Å²) in [6.45, 7) is 13.3. The molecule has 0 atom stereocenters. The third-order valence-electron chi connectivity index (χ3n) is 5.43. The Labute approximate surface area is 193 Å². The van der Waals surface area contributed by atoms with Crippen LogP contribution >= 0.6 is 17.4 Å². The SMILES string of the molecule is CC(C)(C)c1ccc(-c2cc(OP=O)ccc2-c2ccc(OP=O)cc2)c(C(C)(C)C)c1. The largest absolute Gasteiger partial charge is 0.408 e. The second kappa shape index (κ2) is 9.53. The van der Waals surface area contributed by atoms with Gasteiger partial charge in [-0.05, 0) is 68.5 Å². The number of hydrogen-bond donors (Lipinski definition) is 0. The molecule has 3 rings (SSSR count). The quantitative estimate of drug-likeness (QED) is 0.341. The summed E-state index contributed by atoms with van der Waals surface area (Å²) in [4.78, 5) is 0. The summed E-state index contributed by atoms with van der Waals surface area (Å²) in [6, 6.07) is 19.8. The maximum absolute atomic E-state index is 11.1. The van der Waals surface area contributed by atoms with Gasteiger partial charge >= 0.3 is 17.4 Å². The molecule has 0 N–H and O–H groups in total. The average molecular weight is 466 g/mol. The standard InChI is InChI=1S/C26H28O4P2/c1-25(2,3)18-9-13-22(24(15-18)26(4,5)6)23-16-20(30-32-28)12-14-21(23)17-7-10-19(11-8-17)29-31-27/h7-16H,1-6H3. The van der Waals surface area contributed by atoms with E-state index in [0.717, 1.165) is 22.3 Å². The fourth-order valence-corrected chi connectivity index (χ4v) is 4.11. The molecule has 0 aromatic heterocycles. The van der Waals surface area contributed by atoms with Gasteiger partial charge in [-0.15, -0.1) is 0 Å². The average Bonchev–Trinajstić information content (AvgIpc) is 2.73. The molecule has 6 heteroatoms. The first-order valence-electron chi connectivity index (χ1n) is 10.4. The zero-order valence-corrected chi connectivity index (χ0v) is 21.1. The lowest BCUT2D eigenvalue weighted by Gasteiger charge is -2.28. The lowest BCUT2D eigenvalue weighted by Crippen LogP contribution is -2.17. The molecular formula is C26H28O4P2. The Morgan fingerprint density at radius 3 is 1.72 bits per heavy atom. The molecule has 0 saturated carbocycles. The van der Waals surface area contributed by atoms with E-state index in [2.05, 4.69) is 59.7 Å². The van der Waals surface area contributed by atoms with Gasteiger partial charge in [0.25, 0.3) is 0 Å². The Hall–Kier alpha value is -2.54. The first kappa shape index (κ1) is 24.1. The van der Waals surface area contributed by atoms with Crippen molar-refractivity contribution in [2.24, 2.45) is 0 Å². The first-order valence-corrected chi connectivity index (χ1v) is 11.9. The lowest BCUT2D eigenvalue weighted by molar-refractivity contribution is 0.524. The van der Waals surface area contributed by atoms with Crippen LogP contribution in [0.3, 0.4) is 0 Å². The fraction of sp³-hybridized carbons (Fsp3) is 0.308. The van der Waals surface area contributed by atoms with Crippen molar-refractivity contribution in [1.82, 2.24) is 0 Å². The predicted octanol–water partition coefficient (Wildman–Crippen LogP) is 8.79. The third kappa shape index (κ3) is 5.44. The first-order chi connectivity index (χ1) is 15.0. The Kier molecular flexibility index (Phi) is 7.18. The monoisotopic (exact) mass is 466 g/mol. The van der Waals surface area contributed by atoms with Crippen molar-refractivity contribution in [2.75, 3.05) is 0 Å². The maximum Gasteiger partial charge on any atom is 0.395 e. The molecule has 4 nitrogen and oxygen atoms in total. The highest BCUT2D eigenvalue weighted by molar-refractivity contribution is 7.18. The molecule has 0 unspecified atom stereocenters. The molecule has 0 bridgehead atoms. The van der Waals surface area contributed by atoms with Crippen molar-refractivity contribution in [2.45, 2.75) is 52.4 Å². The summed E-state index contributed by atoms with van der Waals surface area (Å²) in [7, 11) is -0.774. The second-order valence-corrected chi connectivity index (χ2v) is 10.5. The molecule has 166 valence electrons. The van der Waals surface area contributed by atoms with E-state index in [1.165, 1.54) is 11.1 Å². The van der Waals surface area contributed by atoms with E-state index in [-0.39, 0.29) is 19.5 Å². The predicted molar refractivity (Wildman–Crippen MR) is 131 cm³/mol. The van der Waals surface area contributed by atoms with Crippen molar-refractivity contribution in [1.29, 1.82) is 0 Å². The van der Waals surface area contributed by atoms with Gasteiger partial charge in [0.1, 0.15) is 11.5 Å². The van der Waals surface area contributed by atoms with E-state index in [1.807, 2.05) is 30.3 Å². The smallest absolute Gasteiger partial charge is 0.395 e. The Bertz CT molecular complexity index is 1120.